The van der Waals surface area contributed by atoms with Gasteiger partial charge < -0.3 is 20.5 Å². The predicted molar refractivity (Wildman–Crippen MR) is 122 cm³/mol. The van der Waals surface area contributed by atoms with Crippen molar-refractivity contribution in [2.45, 2.75) is 19.9 Å². The van der Waals surface area contributed by atoms with Crippen LogP contribution in [0.4, 0.5) is 11.6 Å². The summed E-state index contributed by atoms with van der Waals surface area (Å²) in [4.78, 5) is 33.3. The molecule has 1 aliphatic heterocycles. The third-order valence-electron chi connectivity index (χ3n) is 5.44. The van der Waals surface area contributed by atoms with E-state index in [4.69, 9.17) is 15.2 Å². The molecule has 1 aromatic heterocycles. The molecule has 0 spiro atoms. The van der Waals surface area contributed by atoms with E-state index in [9.17, 15) is 9.59 Å². The van der Waals surface area contributed by atoms with Crippen LogP contribution in [-0.2, 0) is 9.59 Å². The zero-order valence-corrected chi connectivity index (χ0v) is 18.5. The third kappa shape index (κ3) is 4.40. The number of benzene rings is 2. The monoisotopic (exact) mass is 448 g/mol. The van der Waals surface area contributed by atoms with Crippen molar-refractivity contribution in [3.8, 4) is 11.5 Å². The van der Waals surface area contributed by atoms with E-state index < -0.39 is 17.9 Å². The molecule has 2 atom stereocenters. The molecule has 2 amide bonds. The van der Waals surface area contributed by atoms with Crippen molar-refractivity contribution < 1.29 is 19.1 Å². The Kier molecular flexibility index (Phi) is 6.07. The highest BCUT2D eigenvalue weighted by Crippen LogP contribution is 2.39. The van der Waals surface area contributed by atoms with Gasteiger partial charge in [0.25, 0.3) is 5.91 Å². The Labute approximate surface area is 190 Å². The number of anilines is 1. The van der Waals surface area contributed by atoms with Crippen LogP contribution in [0, 0.1) is 12.8 Å². The lowest BCUT2D eigenvalue weighted by Gasteiger charge is -2.31. The molecule has 2 unspecified atom stereocenters. The Bertz CT molecular complexity index is 1240. The van der Waals surface area contributed by atoms with E-state index in [0.29, 0.717) is 23.2 Å². The molecule has 0 saturated carbocycles. The van der Waals surface area contributed by atoms with Gasteiger partial charge in [-0.15, -0.1) is 0 Å². The first-order valence-corrected chi connectivity index (χ1v) is 10.3. The van der Waals surface area contributed by atoms with E-state index in [0.717, 1.165) is 16.8 Å². The van der Waals surface area contributed by atoms with E-state index in [-0.39, 0.29) is 12.5 Å². The summed E-state index contributed by atoms with van der Waals surface area (Å²) in [5.74, 6) is -0.300. The highest BCUT2D eigenvalue weighted by atomic mass is 16.5. The van der Waals surface area contributed by atoms with Gasteiger partial charge in [-0.3, -0.25) is 9.59 Å². The number of carbonyl (C=O) groups excluding carboxylic acids is 2. The van der Waals surface area contributed by atoms with Crippen molar-refractivity contribution in [2.24, 2.45) is 16.6 Å². The van der Waals surface area contributed by atoms with Crippen molar-refractivity contribution in [1.29, 1.82) is 0 Å². The van der Waals surface area contributed by atoms with Crippen molar-refractivity contribution in [3.63, 3.8) is 0 Å². The van der Waals surface area contributed by atoms with E-state index in [1.807, 2.05) is 31.2 Å². The largest absolute Gasteiger partial charge is 0.493 e. The number of ether oxygens (including phenoxy) is 2. The molecule has 2 aromatic carbocycles. The average molecular weight is 448 g/mol. The summed E-state index contributed by atoms with van der Waals surface area (Å²) >= 11 is 0. The van der Waals surface area contributed by atoms with Gasteiger partial charge in [-0.2, -0.15) is 10.1 Å². The number of fused-ring (bicyclic) bond motifs is 1. The van der Waals surface area contributed by atoms with E-state index in [1.54, 1.807) is 29.8 Å². The number of aryl methyl sites for hydroxylation is 1. The molecular formula is C23H24N6O4. The van der Waals surface area contributed by atoms with Crippen molar-refractivity contribution in [1.82, 2.24) is 14.8 Å². The Morgan fingerprint density at radius 3 is 2.67 bits per heavy atom. The first-order valence-electron chi connectivity index (χ1n) is 10.3. The number of nitrogens with one attached hydrogen (secondary N) is 1. The molecular weight excluding hydrogens is 424 g/mol. The van der Waals surface area contributed by atoms with Gasteiger partial charge in [-0.1, -0.05) is 24.3 Å². The number of hydrogen-bond acceptors (Lipinski definition) is 7. The number of nitrogens with zero attached hydrogens (tertiary/aromatic N) is 4. The van der Waals surface area contributed by atoms with Gasteiger partial charge >= 0.3 is 0 Å². The number of carbonyl (C=O) groups is 2. The van der Waals surface area contributed by atoms with Crippen molar-refractivity contribution >= 4 is 29.2 Å². The summed E-state index contributed by atoms with van der Waals surface area (Å²) in [7, 11) is 1.49. The van der Waals surface area contributed by atoms with Crippen LogP contribution < -0.4 is 20.5 Å². The zero-order chi connectivity index (χ0) is 23.5. The number of nitrogens with two attached hydrogens (primary N) is 1. The van der Waals surface area contributed by atoms with Crippen molar-refractivity contribution in [2.75, 3.05) is 19.0 Å². The summed E-state index contributed by atoms with van der Waals surface area (Å²) in [5.41, 5.74) is 8.21. The number of aliphatic imine (C=N–C) groups is 1. The Morgan fingerprint density at radius 1 is 1.15 bits per heavy atom. The normalized spacial score (nSPS) is 17.0. The van der Waals surface area contributed by atoms with Crippen LogP contribution in [-0.4, -0.2) is 46.0 Å². The number of rotatable bonds is 7. The van der Waals surface area contributed by atoms with Crippen LogP contribution in [0.5, 0.6) is 11.5 Å². The minimum Gasteiger partial charge on any atom is -0.493 e. The van der Waals surface area contributed by atoms with Gasteiger partial charge in [0.2, 0.25) is 11.9 Å². The average Bonchev–Trinajstić information content (AvgIpc) is 3.26. The lowest BCUT2D eigenvalue weighted by Crippen LogP contribution is -2.39. The fraction of sp³-hybridized carbons (Fsp3) is 0.261. The first kappa shape index (κ1) is 22.0. The quantitative estimate of drug-likeness (QED) is 0.570. The van der Waals surface area contributed by atoms with Crippen LogP contribution in [0.1, 0.15) is 24.1 Å². The molecule has 10 heteroatoms. The molecule has 10 nitrogen and oxygen atoms in total. The summed E-state index contributed by atoms with van der Waals surface area (Å²) in [5, 5.41) is 7.35. The third-order valence-corrected chi connectivity index (χ3v) is 5.44. The number of amides is 2. The number of para-hydroxylation sites is 1. The van der Waals surface area contributed by atoms with Gasteiger partial charge in [-0.25, -0.2) is 9.67 Å². The fourth-order valence-corrected chi connectivity index (χ4v) is 3.84. The van der Waals surface area contributed by atoms with Crippen LogP contribution >= 0.6 is 0 Å². The molecule has 0 aliphatic carbocycles. The second kappa shape index (κ2) is 9.11. The molecule has 33 heavy (non-hydrogen) atoms. The lowest BCUT2D eigenvalue weighted by molar-refractivity contribution is -0.120. The minimum atomic E-state index is -0.652. The molecule has 0 bridgehead atoms. The number of primary amides is 1. The van der Waals surface area contributed by atoms with Gasteiger partial charge in [0.05, 0.1) is 13.2 Å². The number of methoxy groups -OCH3 is 1. The Balaban J connectivity index is 1.73. The van der Waals surface area contributed by atoms with E-state index in [2.05, 4.69) is 20.4 Å². The molecule has 4 rings (SSSR count). The molecule has 0 fully saturated rings. The number of hydrogen-bond donors (Lipinski definition) is 2. The SMILES string of the molecule is COc1cc(C2C(C(=O)Nc3ccccc3C)C(C)=Nc3ncnn32)ccc1OCC(N)=O. The molecule has 170 valence electrons. The van der Waals surface area contributed by atoms with E-state index >= 15 is 0 Å². The minimum absolute atomic E-state index is 0.218. The molecule has 2 heterocycles. The molecule has 0 saturated heterocycles. The van der Waals surface area contributed by atoms with Gasteiger partial charge in [0, 0.05) is 11.4 Å². The number of aromatic nitrogens is 3. The second-order valence-electron chi connectivity index (χ2n) is 7.65. The van der Waals surface area contributed by atoms with Gasteiger partial charge in [0.1, 0.15) is 12.2 Å². The summed E-state index contributed by atoms with van der Waals surface area (Å²) in [6.45, 7) is 3.45. The van der Waals surface area contributed by atoms with Crippen LogP contribution in [0.2, 0.25) is 0 Å². The van der Waals surface area contributed by atoms with E-state index in [1.165, 1.54) is 13.4 Å². The molecule has 0 radical (unpaired) electrons. The van der Waals surface area contributed by atoms with Gasteiger partial charge in [0.15, 0.2) is 18.1 Å². The summed E-state index contributed by atoms with van der Waals surface area (Å²) in [6, 6.07) is 12.3. The summed E-state index contributed by atoms with van der Waals surface area (Å²) < 4.78 is 12.5. The Hall–Kier alpha value is -4.21. The second-order valence-corrected chi connectivity index (χ2v) is 7.65. The highest BCUT2D eigenvalue weighted by molar-refractivity contribution is 6.10. The van der Waals surface area contributed by atoms with Gasteiger partial charge in [-0.05, 0) is 43.2 Å². The first-order chi connectivity index (χ1) is 15.9. The predicted octanol–water partition coefficient (Wildman–Crippen LogP) is 2.41. The maximum absolute atomic E-state index is 13.5. The molecule has 3 aromatic rings. The maximum atomic E-state index is 13.5. The molecule has 3 N–H and O–H groups in total. The maximum Gasteiger partial charge on any atom is 0.255 e. The summed E-state index contributed by atoms with van der Waals surface area (Å²) in [6.07, 6.45) is 1.41. The molecule has 1 aliphatic rings. The lowest BCUT2D eigenvalue weighted by atomic mass is 9.87. The zero-order valence-electron chi connectivity index (χ0n) is 18.5. The fourth-order valence-electron chi connectivity index (χ4n) is 3.84. The highest BCUT2D eigenvalue weighted by Gasteiger charge is 2.39. The standard InChI is InChI=1S/C23H24N6O4/c1-13-6-4-5-7-16(13)28-22(31)20-14(2)27-23-25-12-26-29(23)21(20)15-8-9-17(18(10-15)32-3)33-11-19(24)30/h4-10,12,20-21H,11H2,1-3H3,(H2,24,30)(H,28,31). The smallest absolute Gasteiger partial charge is 0.255 e. The topological polar surface area (TPSA) is 134 Å². The Morgan fingerprint density at radius 2 is 1.94 bits per heavy atom. The van der Waals surface area contributed by atoms with Crippen molar-refractivity contribution in [3.05, 3.63) is 59.9 Å². The van der Waals surface area contributed by atoms with Crippen LogP contribution in [0.3, 0.4) is 0 Å². The van der Waals surface area contributed by atoms with Crippen LogP contribution in [0.15, 0.2) is 53.8 Å². The van der Waals surface area contributed by atoms with Crippen LogP contribution in [0.25, 0.3) is 0 Å².